The largest absolute Gasteiger partial charge is 0.501 e. The molecular formula is C10H9N3O3. The van der Waals surface area contributed by atoms with Crippen LogP contribution in [0, 0.1) is 0 Å². The van der Waals surface area contributed by atoms with Crippen LogP contribution in [-0.4, -0.2) is 19.5 Å². The summed E-state index contributed by atoms with van der Waals surface area (Å²) in [5.74, 6) is -0.495. The summed E-state index contributed by atoms with van der Waals surface area (Å²) in [4.78, 5) is 22.9. The third-order valence-corrected chi connectivity index (χ3v) is 2.17. The molecule has 0 bridgehead atoms. The molecule has 0 aliphatic heterocycles. The average molecular weight is 219 g/mol. The van der Waals surface area contributed by atoms with E-state index in [1.54, 1.807) is 12.1 Å². The van der Waals surface area contributed by atoms with Gasteiger partial charge in [0.05, 0.1) is 6.20 Å². The number of aromatic hydroxyl groups is 1. The predicted octanol–water partition coefficient (Wildman–Crippen LogP) is -0.363. The zero-order chi connectivity index (χ0) is 11.7. The Balaban J connectivity index is 2.77. The Bertz CT molecular complexity index is 642. The highest BCUT2D eigenvalue weighted by atomic mass is 16.3. The van der Waals surface area contributed by atoms with E-state index in [1.807, 2.05) is 0 Å². The first-order valence-electron chi connectivity index (χ1n) is 4.54. The van der Waals surface area contributed by atoms with E-state index < -0.39 is 11.3 Å². The molecule has 0 saturated heterocycles. The minimum absolute atomic E-state index is 0.0775. The van der Waals surface area contributed by atoms with Gasteiger partial charge in [-0.1, -0.05) is 6.07 Å². The van der Waals surface area contributed by atoms with Crippen LogP contribution in [0.4, 0.5) is 0 Å². The normalized spacial score (nSPS) is 10.3. The van der Waals surface area contributed by atoms with E-state index in [0.29, 0.717) is 0 Å². The molecule has 0 amide bonds. The summed E-state index contributed by atoms with van der Waals surface area (Å²) in [6, 6.07) is 4.53. The molecule has 0 spiro atoms. The van der Waals surface area contributed by atoms with E-state index in [0.717, 1.165) is 9.25 Å². The Morgan fingerprint density at radius 3 is 2.75 bits per heavy atom. The Morgan fingerprint density at radius 1 is 1.31 bits per heavy atom. The highest BCUT2D eigenvalue weighted by Gasteiger charge is 2.10. The third kappa shape index (κ3) is 1.50. The van der Waals surface area contributed by atoms with Crippen molar-refractivity contribution in [1.82, 2.24) is 14.3 Å². The van der Waals surface area contributed by atoms with Crippen molar-refractivity contribution in [1.29, 1.82) is 0 Å². The SMILES string of the molecule is Cn1ncc(-n2ccccc2=O)c(O)c1=O. The van der Waals surface area contributed by atoms with Gasteiger partial charge in [-0.05, 0) is 6.07 Å². The molecule has 0 unspecified atom stereocenters. The molecule has 2 aromatic rings. The van der Waals surface area contributed by atoms with Gasteiger partial charge in [0, 0.05) is 19.3 Å². The molecule has 0 saturated carbocycles. The van der Waals surface area contributed by atoms with Crippen LogP contribution in [0.5, 0.6) is 5.75 Å². The summed E-state index contributed by atoms with van der Waals surface area (Å²) in [6.07, 6.45) is 2.72. The van der Waals surface area contributed by atoms with Crippen molar-refractivity contribution in [2.75, 3.05) is 0 Å². The smallest absolute Gasteiger partial charge is 0.310 e. The number of nitrogens with zero attached hydrogens (tertiary/aromatic N) is 3. The second-order valence-corrected chi connectivity index (χ2v) is 3.22. The van der Waals surface area contributed by atoms with Gasteiger partial charge in [-0.25, -0.2) is 4.68 Å². The monoisotopic (exact) mass is 219 g/mol. The van der Waals surface area contributed by atoms with Crippen LogP contribution in [0.1, 0.15) is 0 Å². The summed E-state index contributed by atoms with van der Waals surface area (Å²) < 4.78 is 2.15. The molecule has 6 heteroatoms. The maximum Gasteiger partial charge on any atom is 0.310 e. The number of rotatable bonds is 1. The topological polar surface area (TPSA) is 77.1 Å². The molecule has 0 aromatic carbocycles. The van der Waals surface area contributed by atoms with Gasteiger partial charge in [-0.15, -0.1) is 0 Å². The standard InChI is InChI=1S/C10H9N3O3/c1-12-10(16)9(15)7(6-11-12)13-5-3-2-4-8(13)14/h2-6,15H,1H3. The highest BCUT2D eigenvalue weighted by Crippen LogP contribution is 2.12. The van der Waals surface area contributed by atoms with E-state index in [1.165, 1.54) is 25.5 Å². The van der Waals surface area contributed by atoms with Gasteiger partial charge >= 0.3 is 5.56 Å². The van der Waals surface area contributed by atoms with Crippen molar-refractivity contribution >= 4 is 0 Å². The second kappa shape index (κ2) is 3.65. The molecule has 0 atom stereocenters. The number of hydrogen-bond donors (Lipinski definition) is 1. The fourth-order valence-electron chi connectivity index (χ4n) is 1.32. The van der Waals surface area contributed by atoms with Crippen LogP contribution in [0.25, 0.3) is 5.69 Å². The number of aromatic nitrogens is 3. The Kier molecular flexibility index (Phi) is 2.32. The van der Waals surface area contributed by atoms with Crippen molar-refractivity contribution in [3.8, 4) is 11.4 Å². The van der Waals surface area contributed by atoms with Crippen LogP contribution in [0.2, 0.25) is 0 Å². The fraction of sp³-hybridized carbons (Fsp3) is 0.100. The van der Waals surface area contributed by atoms with E-state index in [4.69, 9.17) is 0 Å². The lowest BCUT2D eigenvalue weighted by molar-refractivity contribution is 0.450. The molecule has 2 rings (SSSR count). The first-order valence-corrected chi connectivity index (χ1v) is 4.54. The molecule has 0 aliphatic rings. The molecule has 16 heavy (non-hydrogen) atoms. The van der Waals surface area contributed by atoms with Crippen molar-refractivity contribution in [3.05, 3.63) is 51.3 Å². The van der Waals surface area contributed by atoms with E-state index in [-0.39, 0.29) is 11.2 Å². The van der Waals surface area contributed by atoms with Crippen molar-refractivity contribution in [3.63, 3.8) is 0 Å². The molecule has 0 fully saturated rings. The first kappa shape index (κ1) is 10.2. The Morgan fingerprint density at radius 2 is 2.06 bits per heavy atom. The molecule has 0 aliphatic carbocycles. The molecule has 2 aromatic heterocycles. The van der Waals surface area contributed by atoms with Crippen molar-refractivity contribution in [2.24, 2.45) is 7.05 Å². The van der Waals surface area contributed by atoms with Gasteiger partial charge in [0.25, 0.3) is 5.56 Å². The summed E-state index contributed by atoms with van der Waals surface area (Å²) in [5.41, 5.74) is -0.908. The fourth-order valence-corrected chi connectivity index (χ4v) is 1.32. The van der Waals surface area contributed by atoms with Crippen LogP contribution in [0.3, 0.4) is 0 Å². The van der Waals surface area contributed by atoms with Gasteiger partial charge < -0.3 is 5.11 Å². The third-order valence-electron chi connectivity index (χ3n) is 2.17. The number of pyridine rings is 1. The highest BCUT2D eigenvalue weighted by molar-refractivity contribution is 5.41. The molecule has 2 heterocycles. The summed E-state index contributed by atoms with van der Waals surface area (Å²) >= 11 is 0. The molecule has 6 nitrogen and oxygen atoms in total. The van der Waals surface area contributed by atoms with E-state index in [2.05, 4.69) is 5.10 Å². The summed E-state index contributed by atoms with van der Waals surface area (Å²) in [7, 11) is 1.42. The minimum Gasteiger partial charge on any atom is -0.501 e. The van der Waals surface area contributed by atoms with Crippen LogP contribution < -0.4 is 11.1 Å². The zero-order valence-electron chi connectivity index (χ0n) is 8.49. The Hall–Kier alpha value is -2.37. The lowest BCUT2D eigenvalue weighted by Gasteiger charge is -2.06. The molecule has 0 radical (unpaired) electrons. The maximum absolute atomic E-state index is 11.5. The zero-order valence-corrected chi connectivity index (χ0v) is 8.49. The van der Waals surface area contributed by atoms with Gasteiger partial charge in [0.2, 0.25) is 5.75 Å². The second-order valence-electron chi connectivity index (χ2n) is 3.22. The summed E-state index contributed by atoms with van der Waals surface area (Å²) in [6.45, 7) is 0. The van der Waals surface area contributed by atoms with Crippen molar-refractivity contribution in [2.45, 2.75) is 0 Å². The minimum atomic E-state index is -0.645. The molecule has 82 valence electrons. The first-order chi connectivity index (χ1) is 7.61. The lowest BCUT2D eigenvalue weighted by Crippen LogP contribution is -2.23. The quantitative estimate of drug-likeness (QED) is 0.710. The predicted molar refractivity (Wildman–Crippen MR) is 56.7 cm³/mol. The van der Waals surface area contributed by atoms with Crippen LogP contribution in [0.15, 0.2) is 40.2 Å². The van der Waals surface area contributed by atoms with Gasteiger partial charge in [-0.3, -0.25) is 14.2 Å². The van der Waals surface area contributed by atoms with Gasteiger partial charge in [0.15, 0.2) is 0 Å². The van der Waals surface area contributed by atoms with Crippen LogP contribution in [-0.2, 0) is 7.05 Å². The van der Waals surface area contributed by atoms with Crippen LogP contribution >= 0.6 is 0 Å². The maximum atomic E-state index is 11.5. The van der Waals surface area contributed by atoms with E-state index >= 15 is 0 Å². The lowest BCUT2D eigenvalue weighted by atomic mass is 10.4. The molecule has 1 N–H and O–H groups in total. The van der Waals surface area contributed by atoms with Gasteiger partial charge in [0.1, 0.15) is 5.69 Å². The summed E-state index contributed by atoms with van der Waals surface area (Å²) in [5, 5.41) is 13.4. The Labute approximate surface area is 90.0 Å². The van der Waals surface area contributed by atoms with Gasteiger partial charge in [-0.2, -0.15) is 5.10 Å². The van der Waals surface area contributed by atoms with E-state index in [9.17, 15) is 14.7 Å². The molecular weight excluding hydrogens is 210 g/mol. The van der Waals surface area contributed by atoms with Crippen molar-refractivity contribution < 1.29 is 5.11 Å². The number of aryl methyl sites for hydroxylation is 1. The number of hydrogen-bond acceptors (Lipinski definition) is 4. The average Bonchev–Trinajstić information content (AvgIpc) is 2.28.